The summed E-state index contributed by atoms with van der Waals surface area (Å²) in [7, 11) is 0. The van der Waals surface area contributed by atoms with E-state index in [4.69, 9.17) is 4.74 Å². The van der Waals surface area contributed by atoms with Crippen molar-refractivity contribution < 1.29 is 31.1 Å². The van der Waals surface area contributed by atoms with Gasteiger partial charge in [-0.25, -0.2) is 0 Å². The molecule has 7 heteroatoms. The average Bonchev–Trinajstić information content (AvgIpc) is 2.22. The van der Waals surface area contributed by atoms with Gasteiger partial charge in [-0.05, 0) is 30.7 Å². The van der Waals surface area contributed by atoms with E-state index >= 15 is 0 Å². The van der Waals surface area contributed by atoms with Gasteiger partial charge in [-0.15, -0.1) is 0 Å². The van der Waals surface area contributed by atoms with Crippen molar-refractivity contribution in [1.29, 1.82) is 0 Å². The van der Waals surface area contributed by atoms with E-state index in [1.54, 1.807) is 0 Å². The number of rotatable bonds is 3. The Bertz CT molecular complexity index is 435. The summed E-state index contributed by atoms with van der Waals surface area (Å²) < 4.78 is 79.0. The van der Waals surface area contributed by atoms with E-state index in [-0.39, 0.29) is 11.3 Å². The smallest absolute Gasteiger partial charge is 0.416 e. The molecule has 0 amide bonds. The number of hydrogen-bond acceptors (Lipinski definition) is 1. The van der Waals surface area contributed by atoms with Crippen molar-refractivity contribution >= 4 is 0 Å². The molecule has 0 radical (unpaired) electrons. The maximum Gasteiger partial charge on any atom is 0.416 e. The Balaban J connectivity index is 2.83. The van der Waals surface area contributed by atoms with Crippen LogP contribution in [-0.2, 0) is 6.18 Å². The van der Waals surface area contributed by atoms with Crippen LogP contribution < -0.4 is 4.74 Å². The van der Waals surface area contributed by atoms with Crippen LogP contribution in [-0.4, -0.2) is 12.8 Å². The minimum absolute atomic E-state index is 0.219. The van der Waals surface area contributed by atoms with Gasteiger partial charge in [0.2, 0.25) is 0 Å². The van der Waals surface area contributed by atoms with Crippen LogP contribution in [0.15, 0.2) is 18.2 Å². The molecule has 1 aromatic carbocycles. The van der Waals surface area contributed by atoms with Crippen LogP contribution in [0.5, 0.6) is 5.75 Å². The van der Waals surface area contributed by atoms with E-state index in [9.17, 15) is 26.3 Å². The number of halogens is 6. The molecule has 0 heterocycles. The van der Waals surface area contributed by atoms with Crippen molar-refractivity contribution in [2.24, 2.45) is 5.92 Å². The van der Waals surface area contributed by atoms with Gasteiger partial charge in [-0.2, -0.15) is 26.3 Å². The molecule has 0 aromatic heterocycles. The lowest BCUT2D eigenvalue weighted by molar-refractivity contribution is -0.176. The molecule has 108 valence electrons. The third kappa shape index (κ3) is 4.65. The molecule has 1 aromatic rings. The summed E-state index contributed by atoms with van der Waals surface area (Å²) in [6, 6.07) is 2.86. The van der Waals surface area contributed by atoms with Crippen LogP contribution in [0.25, 0.3) is 0 Å². The van der Waals surface area contributed by atoms with E-state index in [0.717, 1.165) is 13.0 Å². The summed E-state index contributed by atoms with van der Waals surface area (Å²) in [4.78, 5) is 0. The van der Waals surface area contributed by atoms with Crippen molar-refractivity contribution in [3.05, 3.63) is 29.3 Å². The van der Waals surface area contributed by atoms with Crippen LogP contribution in [0.2, 0.25) is 0 Å². The highest BCUT2D eigenvalue weighted by Crippen LogP contribution is 2.33. The second-order valence-electron chi connectivity index (χ2n) is 4.29. The maximum atomic E-state index is 12.5. The molecule has 0 bridgehead atoms. The zero-order valence-corrected chi connectivity index (χ0v) is 10.2. The fraction of sp³-hybridized carbons (Fsp3) is 0.500. The van der Waals surface area contributed by atoms with Crippen molar-refractivity contribution in [2.45, 2.75) is 26.2 Å². The molecule has 0 saturated heterocycles. The summed E-state index contributed by atoms with van der Waals surface area (Å²) in [5.74, 6) is -1.97. The summed E-state index contributed by atoms with van der Waals surface area (Å²) in [5, 5.41) is 0. The Morgan fingerprint density at radius 3 is 2.11 bits per heavy atom. The highest BCUT2D eigenvalue weighted by atomic mass is 19.4. The molecule has 1 atom stereocenters. The number of benzene rings is 1. The minimum atomic E-state index is -4.56. The third-order valence-electron chi connectivity index (χ3n) is 2.44. The Morgan fingerprint density at radius 2 is 1.63 bits per heavy atom. The van der Waals surface area contributed by atoms with Gasteiger partial charge < -0.3 is 4.74 Å². The predicted molar refractivity (Wildman–Crippen MR) is 56.9 cm³/mol. The van der Waals surface area contributed by atoms with Gasteiger partial charge in [0.1, 0.15) is 5.75 Å². The van der Waals surface area contributed by atoms with E-state index < -0.39 is 30.4 Å². The number of aryl methyl sites for hydroxylation is 1. The highest BCUT2D eigenvalue weighted by molar-refractivity contribution is 5.35. The summed E-state index contributed by atoms with van der Waals surface area (Å²) in [5.41, 5.74) is -0.674. The van der Waals surface area contributed by atoms with Crippen LogP contribution in [0.3, 0.4) is 0 Å². The Labute approximate surface area is 106 Å². The predicted octanol–water partition coefficient (Wildman–Crippen LogP) is 4.59. The Hall–Kier alpha value is -1.40. The van der Waals surface area contributed by atoms with Crippen molar-refractivity contribution in [3.63, 3.8) is 0 Å². The fourth-order valence-corrected chi connectivity index (χ4v) is 1.31. The van der Waals surface area contributed by atoms with Gasteiger partial charge in [0.25, 0.3) is 0 Å². The SMILES string of the molecule is Cc1cc(OCC(C)C(F)(F)F)cc(C(F)(F)F)c1. The van der Waals surface area contributed by atoms with Crippen molar-refractivity contribution in [1.82, 2.24) is 0 Å². The second-order valence-corrected chi connectivity index (χ2v) is 4.29. The van der Waals surface area contributed by atoms with Gasteiger partial charge in [0.15, 0.2) is 0 Å². The average molecular weight is 286 g/mol. The molecule has 0 aliphatic heterocycles. The first-order valence-corrected chi connectivity index (χ1v) is 5.38. The van der Waals surface area contributed by atoms with Crippen molar-refractivity contribution in [3.8, 4) is 5.75 Å². The van der Waals surface area contributed by atoms with Gasteiger partial charge in [-0.3, -0.25) is 0 Å². The van der Waals surface area contributed by atoms with E-state index in [1.807, 2.05) is 0 Å². The molecule has 0 aliphatic carbocycles. The van der Waals surface area contributed by atoms with Crippen LogP contribution in [0, 0.1) is 12.8 Å². The summed E-state index contributed by atoms with van der Waals surface area (Å²) in [6.07, 6.45) is -8.99. The zero-order valence-electron chi connectivity index (χ0n) is 10.2. The normalized spacial score (nSPS) is 14.3. The quantitative estimate of drug-likeness (QED) is 0.738. The molecule has 0 fully saturated rings. The zero-order chi connectivity index (χ0) is 14.8. The topological polar surface area (TPSA) is 9.23 Å². The summed E-state index contributed by atoms with van der Waals surface area (Å²) in [6.45, 7) is 1.60. The number of hydrogen-bond donors (Lipinski definition) is 0. The Morgan fingerprint density at radius 1 is 1.05 bits per heavy atom. The largest absolute Gasteiger partial charge is 0.493 e. The highest BCUT2D eigenvalue weighted by Gasteiger charge is 2.36. The second kappa shape index (κ2) is 5.30. The van der Waals surface area contributed by atoms with E-state index in [0.29, 0.717) is 6.07 Å². The summed E-state index contributed by atoms with van der Waals surface area (Å²) >= 11 is 0. The van der Waals surface area contributed by atoms with Gasteiger partial charge in [0.05, 0.1) is 18.1 Å². The van der Waals surface area contributed by atoms with Crippen molar-refractivity contribution in [2.75, 3.05) is 6.61 Å². The molecule has 19 heavy (non-hydrogen) atoms. The molecular formula is C12H12F6O. The Kier molecular flexibility index (Phi) is 4.37. The standard InChI is InChI=1S/C12H12F6O/c1-7-3-9(12(16,17)18)5-10(4-7)19-6-8(2)11(13,14)15/h3-5,8H,6H2,1-2H3. The first-order valence-electron chi connectivity index (χ1n) is 5.38. The number of ether oxygens (including phenoxy) is 1. The molecular weight excluding hydrogens is 274 g/mol. The lowest BCUT2D eigenvalue weighted by Gasteiger charge is -2.17. The molecule has 0 N–H and O–H groups in total. The van der Waals surface area contributed by atoms with Gasteiger partial charge in [-0.1, -0.05) is 6.92 Å². The van der Waals surface area contributed by atoms with Crippen LogP contribution in [0.1, 0.15) is 18.1 Å². The molecule has 1 unspecified atom stereocenters. The third-order valence-corrected chi connectivity index (χ3v) is 2.44. The fourth-order valence-electron chi connectivity index (χ4n) is 1.31. The molecule has 0 aliphatic rings. The molecule has 1 rings (SSSR count). The first-order chi connectivity index (χ1) is 8.50. The minimum Gasteiger partial charge on any atom is -0.493 e. The van der Waals surface area contributed by atoms with E-state index in [2.05, 4.69) is 0 Å². The van der Waals surface area contributed by atoms with Crippen LogP contribution in [0.4, 0.5) is 26.3 Å². The van der Waals surface area contributed by atoms with E-state index in [1.165, 1.54) is 13.0 Å². The van der Waals surface area contributed by atoms with Gasteiger partial charge >= 0.3 is 12.4 Å². The van der Waals surface area contributed by atoms with Gasteiger partial charge in [0, 0.05) is 0 Å². The number of alkyl halides is 6. The molecule has 1 nitrogen and oxygen atoms in total. The monoisotopic (exact) mass is 286 g/mol. The lowest BCUT2D eigenvalue weighted by atomic mass is 10.1. The molecule has 0 spiro atoms. The first kappa shape index (κ1) is 15.7. The molecule has 0 saturated carbocycles. The van der Waals surface area contributed by atoms with Crippen LogP contribution >= 0.6 is 0 Å². The maximum absolute atomic E-state index is 12.5. The lowest BCUT2D eigenvalue weighted by Crippen LogP contribution is -2.25.